The fourth-order valence-electron chi connectivity index (χ4n) is 2.07. The van der Waals surface area contributed by atoms with Crippen molar-refractivity contribution in [2.24, 2.45) is 0 Å². The summed E-state index contributed by atoms with van der Waals surface area (Å²) in [6.07, 6.45) is 0. The van der Waals surface area contributed by atoms with Gasteiger partial charge in [0, 0.05) is 19.0 Å². The van der Waals surface area contributed by atoms with Crippen molar-refractivity contribution in [3.8, 4) is 0 Å². The predicted molar refractivity (Wildman–Crippen MR) is 76.3 cm³/mol. The second kappa shape index (κ2) is 5.36. The van der Waals surface area contributed by atoms with Crippen molar-refractivity contribution in [2.75, 3.05) is 0 Å². The number of nitrogens with one attached hydrogen (secondary N) is 1. The molecule has 0 fully saturated rings. The molecule has 21 heavy (non-hydrogen) atoms. The van der Waals surface area contributed by atoms with E-state index in [0.717, 1.165) is 11.1 Å². The normalized spacial score (nSPS) is 10.8. The van der Waals surface area contributed by atoms with Crippen LogP contribution in [-0.2, 0) is 6.54 Å². The third-order valence-corrected chi connectivity index (χ3v) is 3.12. The van der Waals surface area contributed by atoms with Gasteiger partial charge in [-0.25, -0.2) is 9.37 Å². The molecule has 2 aromatic carbocycles. The van der Waals surface area contributed by atoms with Gasteiger partial charge in [0.15, 0.2) is 11.5 Å². The maximum atomic E-state index is 12.8. The van der Waals surface area contributed by atoms with E-state index in [9.17, 15) is 9.18 Å². The molecule has 1 N–H and O–H groups in total. The topological polar surface area (TPSA) is 55.1 Å². The van der Waals surface area contributed by atoms with Crippen LogP contribution in [0.2, 0.25) is 0 Å². The summed E-state index contributed by atoms with van der Waals surface area (Å²) < 4.78 is 18.2. The molecule has 0 unspecified atom stereocenters. The largest absolute Gasteiger partial charge is 0.441 e. The highest BCUT2D eigenvalue weighted by Gasteiger charge is 2.09. The minimum Gasteiger partial charge on any atom is -0.441 e. The van der Waals surface area contributed by atoms with Crippen molar-refractivity contribution < 1.29 is 13.6 Å². The summed E-state index contributed by atoms with van der Waals surface area (Å²) in [5.41, 5.74) is 2.65. The number of nitrogens with zero attached hydrogens (tertiary/aromatic N) is 1. The molecular weight excluding hydrogens is 271 g/mol. The smallest absolute Gasteiger partial charge is 0.251 e. The van der Waals surface area contributed by atoms with Crippen LogP contribution in [0.25, 0.3) is 11.1 Å². The van der Waals surface area contributed by atoms with E-state index >= 15 is 0 Å². The second-order valence-corrected chi connectivity index (χ2v) is 4.72. The molecule has 0 radical (unpaired) electrons. The predicted octanol–water partition coefficient (Wildman–Crippen LogP) is 3.21. The fraction of sp³-hybridized carbons (Fsp3) is 0.125. The highest BCUT2D eigenvalue weighted by Crippen LogP contribution is 2.17. The van der Waals surface area contributed by atoms with E-state index < -0.39 is 0 Å². The number of halogens is 1. The standard InChI is InChI=1S/C16H13FN2O2/c1-10-19-14-7-4-12(8-15(14)21-10)16(20)18-9-11-2-5-13(17)6-3-11/h2-8H,9H2,1H3,(H,18,20). The van der Waals surface area contributed by atoms with E-state index in [-0.39, 0.29) is 11.7 Å². The monoisotopic (exact) mass is 284 g/mol. The van der Waals surface area contributed by atoms with Gasteiger partial charge in [0.05, 0.1) is 0 Å². The number of amides is 1. The number of benzene rings is 2. The van der Waals surface area contributed by atoms with Crippen LogP contribution >= 0.6 is 0 Å². The molecule has 0 saturated heterocycles. The number of aryl methyl sites for hydroxylation is 1. The van der Waals surface area contributed by atoms with Gasteiger partial charge in [0.2, 0.25) is 0 Å². The van der Waals surface area contributed by atoms with E-state index in [1.807, 2.05) is 0 Å². The maximum Gasteiger partial charge on any atom is 0.251 e. The third-order valence-electron chi connectivity index (χ3n) is 3.12. The first-order chi connectivity index (χ1) is 10.1. The van der Waals surface area contributed by atoms with Crippen molar-refractivity contribution in [1.29, 1.82) is 0 Å². The van der Waals surface area contributed by atoms with E-state index in [1.165, 1.54) is 12.1 Å². The molecule has 0 aliphatic rings. The Labute approximate surface area is 120 Å². The van der Waals surface area contributed by atoms with E-state index in [2.05, 4.69) is 10.3 Å². The Hall–Kier alpha value is -2.69. The Balaban J connectivity index is 1.72. The van der Waals surface area contributed by atoms with Gasteiger partial charge in [-0.1, -0.05) is 12.1 Å². The number of carbonyl (C=O) groups excluding carboxylic acids is 1. The number of carbonyl (C=O) groups is 1. The first-order valence-corrected chi connectivity index (χ1v) is 6.52. The summed E-state index contributed by atoms with van der Waals surface area (Å²) in [5, 5.41) is 2.78. The summed E-state index contributed by atoms with van der Waals surface area (Å²) in [4.78, 5) is 16.3. The number of oxazole rings is 1. The summed E-state index contributed by atoms with van der Waals surface area (Å²) in [6, 6.07) is 11.1. The molecule has 3 rings (SSSR count). The van der Waals surface area contributed by atoms with Crippen molar-refractivity contribution in [2.45, 2.75) is 13.5 Å². The molecule has 0 aliphatic heterocycles. The third kappa shape index (κ3) is 2.91. The van der Waals surface area contributed by atoms with E-state index in [0.29, 0.717) is 23.6 Å². The Bertz CT molecular complexity index is 794. The average molecular weight is 284 g/mol. The minimum absolute atomic E-state index is 0.213. The summed E-state index contributed by atoms with van der Waals surface area (Å²) >= 11 is 0. The van der Waals surface area contributed by atoms with Crippen LogP contribution in [0.3, 0.4) is 0 Å². The van der Waals surface area contributed by atoms with E-state index in [4.69, 9.17) is 4.42 Å². The van der Waals surface area contributed by atoms with Gasteiger partial charge in [-0.2, -0.15) is 0 Å². The van der Waals surface area contributed by atoms with Gasteiger partial charge in [0.25, 0.3) is 5.91 Å². The van der Waals surface area contributed by atoms with Gasteiger partial charge in [-0.3, -0.25) is 4.79 Å². The first-order valence-electron chi connectivity index (χ1n) is 6.52. The number of fused-ring (bicyclic) bond motifs is 1. The lowest BCUT2D eigenvalue weighted by molar-refractivity contribution is 0.0951. The average Bonchev–Trinajstić information content (AvgIpc) is 2.85. The Morgan fingerprint density at radius 2 is 2.00 bits per heavy atom. The summed E-state index contributed by atoms with van der Waals surface area (Å²) in [6.45, 7) is 2.10. The van der Waals surface area contributed by atoms with Crippen LogP contribution in [-0.4, -0.2) is 10.9 Å². The highest BCUT2D eigenvalue weighted by molar-refractivity contribution is 5.96. The van der Waals surface area contributed by atoms with Crippen LogP contribution in [0, 0.1) is 12.7 Å². The van der Waals surface area contributed by atoms with Gasteiger partial charge in [-0.05, 0) is 35.9 Å². The quantitative estimate of drug-likeness (QED) is 0.803. The van der Waals surface area contributed by atoms with Crippen molar-refractivity contribution in [1.82, 2.24) is 10.3 Å². The number of hydrogen-bond donors (Lipinski definition) is 1. The molecule has 3 aromatic rings. The number of rotatable bonds is 3. The summed E-state index contributed by atoms with van der Waals surface area (Å²) in [7, 11) is 0. The number of hydrogen-bond acceptors (Lipinski definition) is 3. The molecule has 106 valence electrons. The Morgan fingerprint density at radius 3 is 2.76 bits per heavy atom. The van der Waals surface area contributed by atoms with Crippen LogP contribution in [0.15, 0.2) is 46.9 Å². The lowest BCUT2D eigenvalue weighted by atomic mass is 10.2. The van der Waals surface area contributed by atoms with Crippen molar-refractivity contribution >= 4 is 17.0 Å². The van der Waals surface area contributed by atoms with Gasteiger partial charge in [-0.15, -0.1) is 0 Å². The zero-order valence-electron chi connectivity index (χ0n) is 11.4. The van der Waals surface area contributed by atoms with Crippen LogP contribution in [0.5, 0.6) is 0 Å². The van der Waals surface area contributed by atoms with Crippen molar-refractivity contribution in [3.05, 3.63) is 65.3 Å². The molecular formula is C16H13FN2O2. The Kier molecular flexibility index (Phi) is 3.39. The fourth-order valence-corrected chi connectivity index (χ4v) is 2.07. The molecule has 0 spiro atoms. The van der Waals surface area contributed by atoms with Gasteiger partial charge < -0.3 is 9.73 Å². The van der Waals surface area contributed by atoms with Gasteiger partial charge in [0.1, 0.15) is 11.3 Å². The maximum absolute atomic E-state index is 12.8. The zero-order chi connectivity index (χ0) is 14.8. The SMILES string of the molecule is Cc1nc2ccc(C(=O)NCc3ccc(F)cc3)cc2o1. The molecule has 0 saturated carbocycles. The van der Waals surface area contributed by atoms with Crippen LogP contribution in [0.1, 0.15) is 21.8 Å². The second-order valence-electron chi connectivity index (χ2n) is 4.72. The van der Waals surface area contributed by atoms with Crippen LogP contribution in [0.4, 0.5) is 4.39 Å². The molecule has 0 atom stereocenters. The summed E-state index contributed by atoms with van der Waals surface area (Å²) in [5.74, 6) is 0.0559. The molecule has 1 amide bonds. The van der Waals surface area contributed by atoms with Crippen molar-refractivity contribution in [3.63, 3.8) is 0 Å². The van der Waals surface area contributed by atoms with E-state index in [1.54, 1.807) is 37.3 Å². The Morgan fingerprint density at radius 1 is 1.24 bits per heavy atom. The highest BCUT2D eigenvalue weighted by atomic mass is 19.1. The lowest BCUT2D eigenvalue weighted by Gasteiger charge is -2.05. The molecule has 0 bridgehead atoms. The number of aromatic nitrogens is 1. The molecule has 4 nitrogen and oxygen atoms in total. The lowest BCUT2D eigenvalue weighted by Crippen LogP contribution is -2.22. The molecule has 0 aliphatic carbocycles. The van der Waals surface area contributed by atoms with Gasteiger partial charge >= 0.3 is 0 Å². The molecule has 1 heterocycles. The van der Waals surface area contributed by atoms with Crippen LogP contribution < -0.4 is 5.32 Å². The molecule has 1 aromatic heterocycles. The zero-order valence-corrected chi connectivity index (χ0v) is 11.4. The minimum atomic E-state index is -0.295. The molecule has 5 heteroatoms. The first kappa shape index (κ1) is 13.3.